The van der Waals surface area contributed by atoms with Gasteiger partial charge >= 0.3 is 0 Å². The van der Waals surface area contributed by atoms with Gasteiger partial charge in [0.05, 0.1) is 25.4 Å². The zero-order chi connectivity index (χ0) is 17.1. The van der Waals surface area contributed by atoms with E-state index in [1.54, 1.807) is 7.11 Å². The second-order valence-electron chi connectivity index (χ2n) is 7.13. The highest BCUT2D eigenvalue weighted by Gasteiger charge is 2.41. The molecular weight excluding hydrogens is 290 g/mol. The van der Waals surface area contributed by atoms with E-state index in [-0.39, 0.29) is 18.3 Å². The van der Waals surface area contributed by atoms with Gasteiger partial charge < -0.3 is 19.9 Å². The Morgan fingerprint density at radius 3 is 2.48 bits per heavy atom. The fourth-order valence-electron chi connectivity index (χ4n) is 3.62. The first-order chi connectivity index (χ1) is 11.2. The van der Waals surface area contributed by atoms with E-state index in [0.717, 1.165) is 6.61 Å². The van der Waals surface area contributed by atoms with Crippen LogP contribution in [0.1, 0.15) is 65.7 Å². The Morgan fingerprint density at radius 2 is 1.83 bits per heavy atom. The predicted octanol–water partition coefficient (Wildman–Crippen LogP) is 3.77. The summed E-state index contributed by atoms with van der Waals surface area (Å²) in [6.07, 6.45) is 9.44. The number of methoxy groups -OCH3 is 1. The highest BCUT2D eigenvalue weighted by Crippen LogP contribution is 2.31. The smallest absolute Gasteiger partial charge is 0.110 e. The fraction of sp³-hybridized carbons (Fsp3) is 1.00. The third-order valence-electron chi connectivity index (χ3n) is 5.03. The third-order valence-corrected chi connectivity index (χ3v) is 5.03. The number of hydrogen-bond acceptors (Lipinski definition) is 4. The maximum atomic E-state index is 6.14. The van der Waals surface area contributed by atoms with Crippen molar-refractivity contribution in [3.63, 3.8) is 0 Å². The van der Waals surface area contributed by atoms with Gasteiger partial charge in [-0.15, -0.1) is 0 Å². The van der Waals surface area contributed by atoms with Gasteiger partial charge in [0.2, 0.25) is 0 Å². The fourth-order valence-corrected chi connectivity index (χ4v) is 3.62. The number of hydrogen-bond donors (Lipinski definition) is 1. The third kappa shape index (κ3) is 7.08. The lowest BCUT2D eigenvalue weighted by Crippen LogP contribution is -2.54. The van der Waals surface area contributed by atoms with Gasteiger partial charge in [-0.05, 0) is 12.3 Å². The first-order valence-corrected chi connectivity index (χ1v) is 9.61. The molecule has 1 aliphatic heterocycles. The quantitative estimate of drug-likeness (QED) is 0.554. The van der Waals surface area contributed by atoms with Gasteiger partial charge in [0.15, 0.2) is 0 Å². The molecule has 0 saturated carbocycles. The Labute approximate surface area is 143 Å². The van der Waals surface area contributed by atoms with Gasteiger partial charge in [0.1, 0.15) is 6.10 Å². The average Bonchev–Trinajstić information content (AvgIpc) is 2.55. The van der Waals surface area contributed by atoms with Gasteiger partial charge in [0.25, 0.3) is 0 Å². The van der Waals surface area contributed by atoms with Crippen molar-refractivity contribution in [1.82, 2.24) is 0 Å². The first kappa shape index (κ1) is 20.9. The van der Waals surface area contributed by atoms with Crippen molar-refractivity contribution in [2.24, 2.45) is 17.6 Å². The van der Waals surface area contributed by atoms with Gasteiger partial charge in [0, 0.05) is 19.6 Å². The Balaban J connectivity index is 2.45. The van der Waals surface area contributed by atoms with Crippen LogP contribution in [0.4, 0.5) is 0 Å². The zero-order valence-corrected chi connectivity index (χ0v) is 15.8. The summed E-state index contributed by atoms with van der Waals surface area (Å²) in [7, 11) is 1.78. The summed E-state index contributed by atoms with van der Waals surface area (Å²) in [5.74, 6) is 0.856. The molecule has 138 valence electrons. The van der Waals surface area contributed by atoms with Crippen molar-refractivity contribution in [2.75, 3.05) is 26.9 Å². The van der Waals surface area contributed by atoms with Crippen molar-refractivity contribution in [3.05, 3.63) is 0 Å². The molecule has 0 aromatic carbocycles. The monoisotopic (exact) mass is 329 g/mol. The molecule has 1 unspecified atom stereocenters. The summed E-state index contributed by atoms with van der Waals surface area (Å²) in [5, 5.41) is 0. The first-order valence-electron chi connectivity index (χ1n) is 9.61. The van der Waals surface area contributed by atoms with Crippen LogP contribution < -0.4 is 5.73 Å². The molecule has 0 radical (unpaired) electrons. The maximum Gasteiger partial charge on any atom is 0.110 e. The summed E-state index contributed by atoms with van der Waals surface area (Å²) in [5.41, 5.74) is 5.62. The molecule has 1 saturated heterocycles. The van der Waals surface area contributed by atoms with Crippen LogP contribution in [0.3, 0.4) is 0 Å². The Bertz CT molecular complexity index is 288. The molecule has 1 fully saturated rings. The minimum atomic E-state index is 0.00221. The lowest BCUT2D eigenvalue weighted by molar-refractivity contribution is -0.202. The number of ether oxygens (including phenoxy) is 3. The highest BCUT2D eigenvalue weighted by molar-refractivity contribution is 4.90. The van der Waals surface area contributed by atoms with E-state index >= 15 is 0 Å². The summed E-state index contributed by atoms with van der Waals surface area (Å²) in [6.45, 7) is 8.59. The largest absolute Gasteiger partial charge is 0.378 e. The van der Waals surface area contributed by atoms with Crippen LogP contribution in [-0.4, -0.2) is 45.2 Å². The molecule has 0 aromatic rings. The molecule has 0 aliphatic carbocycles. The Morgan fingerprint density at radius 1 is 1.13 bits per heavy atom. The second kappa shape index (κ2) is 12.2. The molecule has 1 rings (SSSR count). The minimum absolute atomic E-state index is 0.00221. The van der Waals surface area contributed by atoms with E-state index < -0.39 is 0 Å². The SMILES string of the molecule is CCCCCCCCC(C)[C@@H]1OC[C@@H](C)[C@@H](OC)[C@@H]1OCCN. The van der Waals surface area contributed by atoms with Crippen LogP contribution in [0.25, 0.3) is 0 Å². The summed E-state index contributed by atoms with van der Waals surface area (Å²) >= 11 is 0. The van der Waals surface area contributed by atoms with Crippen LogP contribution in [0.2, 0.25) is 0 Å². The predicted molar refractivity (Wildman–Crippen MR) is 95.7 cm³/mol. The van der Waals surface area contributed by atoms with Gasteiger partial charge in [-0.25, -0.2) is 0 Å². The van der Waals surface area contributed by atoms with E-state index in [1.165, 1.54) is 44.9 Å². The van der Waals surface area contributed by atoms with Crippen LogP contribution in [0.5, 0.6) is 0 Å². The van der Waals surface area contributed by atoms with Crippen LogP contribution in [0.15, 0.2) is 0 Å². The molecule has 0 spiro atoms. The van der Waals surface area contributed by atoms with Crippen molar-refractivity contribution in [3.8, 4) is 0 Å². The molecule has 1 heterocycles. The van der Waals surface area contributed by atoms with Gasteiger partial charge in [-0.2, -0.15) is 0 Å². The van der Waals surface area contributed by atoms with E-state index in [1.807, 2.05) is 0 Å². The van der Waals surface area contributed by atoms with E-state index in [2.05, 4.69) is 20.8 Å². The summed E-state index contributed by atoms with van der Waals surface area (Å²) in [4.78, 5) is 0. The Hall–Kier alpha value is -0.160. The summed E-state index contributed by atoms with van der Waals surface area (Å²) < 4.78 is 17.9. The molecule has 0 amide bonds. The second-order valence-corrected chi connectivity index (χ2v) is 7.13. The van der Waals surface area contributed by atoms with Gasteiger partial charge in [-0.1, -0.05) is 59.3 Å². The number of rotatable bonds is 12. The number of unbranched alkanes of at least 4 members (excludes halogenated alkanes) is 5. The number of nitrogens with two attached hydrogens (primary N) is 1. The molecule has 2 N–H and O–H groups in total. The molecule has 1 aliphatic rings. The highest BCUT2D eigenvalue weighted by atomic mass is 16.6. The topological polar surface area (TPSA) is 53.7 Å². The van der Waals surface area contributed by atoms with Crippen molar-refractivity contribution in [2.45, 2.75) is 84.0 Å². The lowest BCUT2D eigenvalue weighted by Gasteiger charge is -2.43. The van der Waals surface area contributed by atoms with E-state index in [4.69, 9.17) is 19.9 Å². The normalized spacial score (nSPS) is 29.6. The summed E-state index contributed by atoms with van der Waals surface area (Å²) in [6, 6.07) is 0. The van der Waals surface area contributed by atoms with Crippen molar-refractivity contribution < 1.29 is 14.2 Å². The maximum absolute atomic E-state index is 6.14. The lowest BCUT2D eigenvalue weighted by atomic mass is 9.85. The van der Waals surface area contributed by atoms with Crippen LogP contribution in [-0.2, 0) is 14.2 Å². The minimum Gasteiger partial charge on any atom is -0.378 e. The van der Waals surface area contributed by atoms with Gasteiger partial charge in [-0.3, -0.25) is 0 Å². The zero-order valence-electron chi connectivity index (χ0n) is 15.8. The molecule has 23 heavy (non-hydrogen) atoms. The molecule has 0 bridgehead atoms. The average molecular weight is 330 g/mol. The molecule has 4 heteroatoms. The molecule has 5 atom stereocenters. The van der Waals surface area contributed by atoms with Crippen LogP contribution >= 0.6 is 0 Å². The molecular formula is C19H39NO3. The van der Waals surface area contributed by atoms with Crippen molar-refractivity contribution >= 4 is 0 Å². The molecule has 4 nitrogen and oxygen atoms in total. The molecule has 0 aromatic heterocycles. The Kier molecular flexibility index (Phi) is 11.1. The van der Waals surface area contributed by atoms with E-state index in [0.29, 0.717) is 25.0 Å². The van der Waals surface area contributed by atoms with Crippen molar-refractivity contribution in [1.29, 1.82) is 0 Å². The standard InChI is InChI=1S/C19H39NO3/c1-5-6-7-8-9-10-11-15(2)18-19(22-13-12-20)17(21-4)16(3)14-23-18/h15-19H,5-14,20H2,1-4H3/t15?,16-,17-,18+,19+/m1/s1. The van der Waals surface area contributed by atoms with Crippen LogP contribution in [0, 0.1) is 11.8 Å². The van der Waals surface area contributed by atoms with E-state index in [9.17, 15) is 0 Å².